The minimum Gasteiger partial charge on any atom is -0.481 e. The number of amides is 1. The molecule has 0 radical (unpaired) electrons. The van der Waals surface area contributed by atoms with Gasteiger partial charge in [-0.1, -0.05) is 6.92 Å². The predicted octanol–water partition coefficient (Wildman–Crippen LogP) is 2.03. The first-order valence-corrected chi connectivity index (χ1v) is 8.87. The first-order valence-electron chi connectivity index (χ1n) is 8.87. The van der Waals surface area contributed by atoms with Crippen molar-refractivity contribution in [3.63, 3.8) is 0 Å². The van der Waals surface area contributed by atoms with E-state index < -0.39 is 12.0 Å². The lowest BCUT2D eigenvalue weighted by molar-refractivity contribution is -0.139. The van der Waals surface area contributed by atoms with Gasteiger partial charge in [0.25, 0.3) is 5.91 Å². The van der Waals surface area contributed by atoms with Crippen LogP contribution in [0.25, 0.3) is 11.0 Å². The van der Waals surface area contributed by atoms with Gasteiger partial charge in [0.15, 0.2) is 5.65 Å². The van der Waals surface area contributed by atoms with Gasteiger partial charge in [-0.25, -0.2) is 9.67 Å². The SMILES string of the molecule is CCC(C)n1ncc2c(C(=O)N3CCOCC3CC(=O)O)cc(C)nc21. The molecule has 0 bridgehead atoms. The number of carbonyl (C=O) groups is 2. The standard InChI is InChI=1S/C18H24N4O4/c1-4-12(3)22-17-15(9-19-22)14(7-11(2)20-17)18(25)21-5-6-26-10-13(21)8-16(23)24/h7,9,12-13H,4-6,8,10H2,1-3H3,(H,23,24). The molecule has 1 amide bonds. The van der Waals surface area contributed by atoms with Crippen LogP contribution in [0.1, 0.15) is 48.8 Å². The van der Waals surface area contributed by atoms with Gasteiger partial charge in [0.05, 0.1) is 48.9 Å². The summed E-state index contributed by atoms with van der Waals surface area (Å²) >= 11 is 0. The Morgan fingerprint density at radius 3 is 2.92 bits per heavy atom. The average Bonchev–Trinajstić information content (AvgIpc) is 3.03. The quantitative estimate of drug-likeness (QED) is 0.876. The van der Waals surface area contributed by atoms with Gasteiger partial charge in [-0.3, -0.25) is 9.59 Å². The van der Waals surface area contributed by atoms with Crippen molar-refractivity contribution in [3.8, 4) is 0 Å². The highest BCUT2D eigenvalue weighted by Gasteiger charge is 2.31. The smallest absolute Gasteiger partial charge is 0.305 e. The van der Waals surface area contributed by atoms with Gasteiger partial charge in [-0.05, 0) is 26.3 Å². The lowest BCUT2D eigenvalue weighted by atomic mass is 10.1. The molecule has 0 saturated carbocycles. The van der Waals surface area contributed by atoms with Gasteiger partial charge in [-0.2, -0.15) is 5.10 Å². The average molecular weight is 360 g/mol. The number of aryl methyl sites for hydroxylation is 1. The maximum absolute atomic E-state index is 13.2. The number of fused-ring (bicyclic) bond motifs is 1. The Bertz CT molecular complexity index is 832. The van der Waals surface area contributed by atoms with Crippen molar-refractivity contribution < 1.29 is 19.4 Å². The lowest BCUT2D eigenvalue weighted by Crippen LogP contribution is -2.49. The largest absolute Gasteiger partial charge is 0.481 e. The summed E-state index contributed by atoms with van der Waals surface area (Å²) in [6.07, 6.45) is 2.44. The van der Waals surface area contributed by atoms with Crippen molar-refractivity contribution in [3.05, 3.63) is 23.5 Å². The van der Waals surface area contributed by atoms with Gasteiger partial charge < -0.3 is 14.7 Å². The van der Waals surface area contributed by atoms with Gasteiger partial charge in [0, 0.05) is 12.2 Å². The van der Waals surface area contributed by atoms with Crippen molar-refractivity contribution in [1.29, 1.82) is 0 Å². The minimum atomic E-state index is -0.945. The second-order valence-corrected chi connectivity index (χ2v) is 6.72. The number of morpholine rings is 1. The maximum Gasteiger partial charge on any atom is 0.305 e. The van der Waals surface area contributed by atoms with E-state index in [-0.39, 0.29) is 25.0 Å². The molecule has 1 aliphatic rings. The summed E-state index contributed by atoms with van der Waals surface area (Å²) in [6, 6.07) is 1.45. The van der Waals surface area contributed by atoms with Crippen LogP contribution in [0, 0.1) is 6.92 Å². The number of hydrogen-bond acceptors (Lipinski definition) is 5. The summed E-state index contributed by atoms with van der Waals surface area (Å²) < 4.78 is 7.22. The van der Waals surface area contributed by atoms with Crippen LogP contribution in [0.2, 0.25) is 0 Å². The highest BCUT2D eigenvalue weighted by molar-refractivity contribution is 6.05. The molecular formula is C18H24N4O4. The number of pyridine rings is 1. The Morgan fingerprint density at radius 2 is 2.23 bits per heavy atom. The molecule has 8 nitrogen and oxygen atoms in total. The number of carboxylic acids is 1. The predicted molar refractivity (Wildman–Crippen MR) is 95.2 cm³/mol. The van der Waals surface area contributed by atoms with Gasteiger partial charge in [0.2, 0.25) is 0 Å². The Labute approximate surface area is 151 Å². The van der Waals surface area contributed by atoms with Gasteiger partial charge in [-0.15, -0.1) is 0 Å². The first-order chi connectivity index (χ1) is 12.4. The van der Waals surface area contributed by atoms with E-state index in [0.717, 1.165) is 12.1 Å². The number of carboxylic acid groups (broad SMARTS) is 1. The first kappa shape index (κ1) is 18.3. The van der Waals surface area contributed by atoms with Crippen molar-refractivity contribution in [2.24, 2.45) is 0 Å². The number of rotatable bonds is 5. The number of hydrogen-bond donors (Lipinski definition) is 1. The number of aliphatic carboxylic acids is 1. The number of carbonyl (C=O) groups excluding carboxylic acids is 1. The normalized spacial score (nSPS) is 18.9. The zero-order valence-corrected chi connectivity index (χ0v) is 15.3. The molecule has 1 aliphatic heterocycles. The van der Waals surface area contributed by atoms with E-state index in [9.17, 15) is 9.59 Å². The molecule has 0 aliphatic carbocycles. The Hall–Kier alpha value is -2.48. The highest BCUT2D eigenvalue weighted by atomic mass is 16.5. The molecule has 2 unspecified atom stereocenters. The van der Waals surface area contributed by atoms with Crippen LogP contribution in [0.3, 0.4) is 0 Å². The molecule has 2 atom stereocenters. The zero-order chi connectivity index (χ0) is 18.8. The van der Waals surface area contributed by atoms with E-state index >= 15 is 0 Å². The topological polar surface area (TPSA) is 97.6 Å². The molecule has 8 heteroatoms. The summed E-state index contributed by atoms with van der Waals surface area (Å²) in [4.78, 5) is 30.5. The Kier molecular flexibility index (Phi) is 5.22. The molecule has 140 valence electrons. The summed E-state index contributed by atoms with van der Waals surface area (Å²) in [5, 5.41) is 14.2. The fourth-order valence-corrected chi connectivity index (χ4v) is 3.26. The van der Waals surface area contributed by atoms with Crippen molar-refractivity contribution >= 4 is 22.9 Å². The van der Waals surface area contributed by atoms with Crippen LogP contribution < -0.4 is 0 Å². The highest BCUT2D eigenvalue weighted by Crippen LogP contribution is 2.25. The van der Waals surface area contributed by atoms with Crippen LogP contribution in [0.5, 0.6) is 0 Å². The fourth-order valence-electron chi connectivity index (χ4n) is 3.26. The monoisotopic (exact) mass is 360 g/mol. The van der Waals surface area contributed by atoms with Crippen LogP contribution in [-0.4, -0.2) is 62.4 Å². The number of ether oxygens (including phenoxy) is 1. The van der Waals surface area contributed by atoms with Gasteiger partial charge in [0.1, 0.15) is 0 Å². The molecule has 3 heterocycles. The third-order valence-electron chi connectivity index (χ3n) is 4.83. The number of nitrogens with zero attached hydrogens (tertiary/aromatic N) is 4. The summed E-state index contributed by atoms with van der Waals surface area (Å²) in [5.74, 6) is -1.14. The van der Waals surface area contributed by atoms with E-state index in [1.165, 1.54) is 0 Å². The zero-order valence-electron chi connectivity index (χ0n) is 15.3. The lowest BCUT2D eigenvalue weighted by Gasteiger charge is -2.35. The van der Waals surface area contributed by atoms with E-state index in [0.29, 0.717) is 29.7 Å². The molecule has 3 rings (SSSR count). The third-order valence-corrected chi connectivity index (χ3v) is 4.83. The van der Waals surface area contributed by atoms with Crippen LogP contribution in [-0.2, 0) is 9.53 Å². The summed E-state index contributed by atoms with van der Waals surface area (Å²) in [7, 11) is 0. The third kappa shape index (κ3) is 3.41. The molecule has 0 aromatic carbocycles. The van der Waals surface area contributed by atoms with Crippen molar-refractivity contribution in [2.75, 3.05) is 19.8 Å². The number of aromatic nitrogens is 3. The van der Waals surface area contributed by atoms with Crippen LogP contribution >= 0.6 is 0 Å². The molecular weight excluding hydrogens is 336 g/mol. The van der Waals surface area contributed by atoms with Gasteiger partial charge >= 0.3 is 5.97 Å². The molecule has 0 spiro atoms. The Balaban J connectivity index is 2.02. The molecule has 2 aromatic heterocycles. The molecule has 26 heavy (non-hydrogen) atoms. The maximum atomic E-state index is 13.2. The second-order valence-electron chi connectivity index (χ2n) is 6.72. The summed E-state index contributed by atoms with van der Waals surface area (Å²) in [5.41, 5.74) is 1.93. The second kappa shape index (κ2) is 7.41. The van der Waals surface area contributed by atoms with E-state index in [4.69, 9.17) is 9.84 Å². The van der Waals surface area contributed by atoms with E-state index in [1.54, 1.807) is 17.2 Å². The molecule has 1 fully saturated rings. The van der Waals surface area contributed by atoms with E-state index in [1.807, 2.05) is 11.6 Å². The molecule has 1 N–H and O–H groups in total. The van der Waals surface area contributed by atoms with Crippen LogP contribution in [0.15, 0.2) is 12.3 Å². The summed E-state index contributed by atoms with van der Waals surface area (Å²) in [6.45, 7) is 6.99. The van der Waals surface area contributed by atoms with E-state index in [2.05, 4.69) is 23.9 Å². The molecule has 2 aromatic rings. The van der Waals surface area contributed by atoms with Crippen LogP contribution in [0.4, 0.5) is 0 Å². The molecule has 1 saturated heterocycles. The van der Waals surface area contributed by atoms with Crippen molar-refractivity contribution in [2.45, 2.75) is 45.7 Å². The Morgan fingerprint density at radius 1 is 1.46 bits per heavy atom. The van der Waals surface area contributed by atoms with Crippen molar-refractivity contribution in [1.82, 2.24) is 19.7 Å². The fraction of sp³-hybridized carbons (Fsp3) is 0.556. The minimum absolute atomic E-state index is 0.134.